The van der Waals surface area contributed by atoms with Crippen molar-refractivity contribution in [2.45, 2.75) is 46.1 Å². The van der Waals surface area contributed by atoms with Gasteiger partial charge in [0.2, 0.25) is 5.88 Å². The Morgan fingerprint density at radius 3 is 2.89 bits per heavy atom. The van der Waals surface area contributed by atoms with E-state index in [2.05, 4.69) is 15.4 Å². The number of hydrogen-bond donors (Lipinski definition) is 0. The highest BCUT2D eigenvalue weighted by atomic mass is 16.5. The first-order valence-corrected chi connectivity index (χ1v) is 6.64. The molecule has 0 atom stereocenters. The number of aromatic nitrogens is 3. The average Bonchev–Trinajstić information content (AvgIpc) is 2.83. The molecule has 0 spiro atoms. The van der Waals surface area contributed by atoms with E-state index in [1.54, 1.807) is 0 Å². The van der Waals surface area contributed by atoms with Gasteiger partial charge in [0.15, 0.2) is 0 Å². The first-order valence-electron chi connectivity index (χ1n) is 6.64. The van der Waals surface area contributed by atoms with Crippen LogP contribution in [-0.2, 0) is 19.4 Å². The molecule has 0 bridgehead atoms. The van der Waals surface area contributed by atoms with E-state index >= 15 is 0 Å². The van der Waals surface area contributed by atoms with Crippen molar-refractivity contribution in [1.82, 2.24) is 15.4 Å². The van der Waals surface area contributed by atoms with E-state index in [0.29, 0.717) is 12.5 Å². The molecule has 0 saturated carbocycles. The van der Waals surface area contributed by atoms with Crippen LogP contribution in [-0.4, -0.2) is 15.4 Å². The van der Waals surface area contributed by atoms with Gasteiger partial charge in [-0.15, -0.1) is 5.10 Å². The molecule has 0 unspecified atom stereocenters. The zero-order valence-electron chi connectivity index (χ0n) is 11.3. The van der Waals surface area contributed by atoms with Crippen molar-refractivity contribution >= 4 is 0 Å². The summed E-state index contributed by atoms with van der Waals surface area (Å²) in [5, 5.41) is 12.2. The molecule has 19 heavy (non-hydrogen) atoms. The van der Waals surface area contributed by atoms with Crippen LogP contribution in [0.15, 0.2) is 10.6 Å². The summed E-state index contributed by atoms with van der Waals surface area (Å²) < 4.78 is 11.0. The maximum absolute atomic E-state index is 5.66. The van der Waals surface area contributed by atoms with Crippen LogP contribution in [0.2, 0.25) is 0 Å². The summed E-state index contributed by atoms with van der Waals surface area (Å²) in [5.74, 6) is 1.56. The van der Waals surface area contributed by atoms with Crippen molar-refractivity contribution in [3.05, 3.63) is 34.3 Å². The SMILES string of the molecule is Cc1cc(OCc2noc3c2CCCC3)nnc1C. The molecule has 0 radical (unpaired) electrons. The monoisotopic (exact) mass is 259 g/mol. The van der Waals surface area contributed by atoms with Gasteiger partial charge in [-0.25, -0.2) is 0 Å². The zero-order chi connectivity index (χ0) is 13.2. The second kappa shape index (κ2) is 4.99. The Morgan fingerprint density at radius 2 is 2.05 bits per heavy atom. The summed E-state index contributed by atoms with van der Waals surface area (Å²) in [6, 6.07) is 1.90. The molecule has 1 aliphatic carbocycles. The Labute approximate surface area is 112 Å². The van der Waals surface area contributed by atoms with Crippen LogP contribution < -0.4 is 4.74 Å². The summed E-state index contributed by atoms with van der Waals surface area (Å²) in [6.45, 7) is 4.32. The second-order valence-electron chi connectivity index (χ2n) is 4.98. The van der Waals surface area contributed by atoms with E-state index in [1.165, 1.54) is 18.4 Å². The lowest BCUT2D eigenvalue weighted by Crippen LogP contribution is -2.05. The van der Waals surface area contributed by atoms with Gasteiger partial charge in [-0.1, -0.05) is 5.16 Å². The van der Waals surface area contributed by atoms with Crippen LogP contribution in [0.1, 0.15) is 41.1 Å². The van der Waals surface area contributed by atoms with Gasteiger partial charge in [-0.05, 0) is 38.7 Å². The molecule has 0 saturated heterocycles. The van der Waals surface area contributed by atoms with E-state index in [-0.39, 0.29) is 0 Å². The Morgan fingerprint density at radius 1 is 1.21 bits per heavy atom. The van der Waals surface area contributed by atoms with E-state index in [0.717, 1.165) is 35.6 Å². The molecule has 2 aromatic heterocycles. The van der Waals surface area contributed by atoms with Crippen LogP contribution in [0.3, 0.4) is 0 Å². The maximum Gasteiger partial charge on any atom is 0.234 e. The van der Waals surface area contributed by atoms with Gasteiger partial charge in [-0.3, -0.25) is 0 Å². The summed E-state index contributed by atoms with van der Waals surface area (Å²) in [4.78, 5) is 0. The molecule has 5 heteroatoms. The first-order chi connectivity index (χ1) is 9.24. The summed E-state index contributed by atoms with van der Waals surface area (Å²) in [6.07, 6.45) is 4.41. The molecule has 2 aromatic rings. The molecule has 0 fully saturated rings. The lowest BCUT2D eigenvalue weighted by Gasteiger charge is -2.09. The zero-order valence-corrected chi connectivity index (χ0v) is 11.3. The molecule has 3 rings (SSSR count). The molecule has 100 valence electrons. The Balaban J connectivity index is 1.72. The average molecular weight is 259 g/mol. The molecular weight excluding hydrogens is 242 g/mol. The topological polar surface area (TPSA) is 61.0 Å². The summed E-state index contributed by atoms with van der Waals surface area (Å²) in [7, 11) is 0. The van der Waals surface area contributed by atoms with E-state index in [1.807, 2.05) is 19.9 Å². The Bertz CT molecular complexity index is 592. The predicted octanol–water partition coefficient (Wildman–Crippen LogP) is 2.54. The predicted molar refractivity (Wildman–Crippen MR) is 69.0 cm³/mol. The molecule has 5 nitrogen and oxygen atoms in total. The lowest BCUT2D eigenvalue weighted by atomic mass is 9.97. The van der Waals surface area contributed by atoms with Crippen molar-refractivity contribution in [2.24, 2.45) is 0 Å². The Hall–Kier alpha value is -1.91. The van der Waals surface area contributed by atoms with Gasteiger partial charge >= 0.3 is 0 Å². The third-order valence-corrected chi connectivity index (χ3v) is 3.60. The number of nitrogens with zero attached hydrogens (tertiary/aromatic N) is 3. The van der Waals surface area contributed by atoms with Gasteiger partial charge in [0, 0.05) is 18.1 Å². The highest BCUT2D eigenvalue weighted by Gasteiger charge is 2.19. The number of aryl methyl sites for hydroxylation is 3. The Kier molecular flexibility index (Phi) is 3.19. The molecule has 1 aliphatic rings. The fourth-order valence-electron chi connectivity index (χ4n) is 2.30. The van der Waals surface area contributed by atoms with Crippen molar-refractivity contribution < 1.29 is 9.26 Å². The van der Waals surface area contributed by atoms with Crippen molar-refractivity contribution in [3.63, 3.8) is 0 Å². The number of ether oxygens (including phenoxy) is 1. The van der Waals surface area contributed by atoms with E-state index < -0.39 is 0 Å². The number of hydrogen-bond acceptors (Lipinski definition) is 5. The minimum absolute atomic E-state index is 0.399. The van der Waals surface area contributed by atoms with Crippen molar-refractivity contribution in [2.75, 3.05) is 0 Å². The molecule has 0 N–H and O–H groups in total. The number of fused-ring (bicyclic) bond motifs is 1. The minimum Gasteiger partial charge on any atom is -0.470 e. The first kappa shape index (κ1) is 12.1. The summed E-state index contributed by atoms with van der Waals surface area (Å²) in [5.41, 5.74) is 4.12. The second-order valence-corrected chi connectivity index (χ2v) is 4.98. The lowest BCUT2D eigenvalue weighted by molar-refractivity contribution is 0.273. The maximum atomic E-state index is 5.66. The smallest absolute Gasteiger partial charge is 0.234 e. The fourth-order valence-corrected chi connectivity index (χ4v) is 2.30. The van der Waals surface area contributed by atoms with Crippen LogP contribution in [0.4, 0.5) is 0 Å². The van der Waals surface area contributed by atoms with Gasteiger partial charge in [0.25, 0.3) is 0 Å². The fraction of sp³-hybridized carbons (Fsp3) is 0.500. The van der Waals surface area contributed by atoms with Crippen LogP contribution >= 0.6 is 0 Å². The van der Waals surface area contributed by atoms with E-state index in [4.69, 9.17) is 9.26 Å². The summed E-state index contributed by atoms with van der Waals surface area (Å²) >= 11 is 0. The quantitative estimate of drug-likeness (QED) is 0.847. The van der Waals surface area contributed by atoms with Gasteiger partial charge in [0.05, 0.1) is 5.69 Å². The van der Waals surface area contributed by atoms with Crippen LogP contribution in [0, 0.1) is 13.8 Å². The largest absolute Gasteiger partial charge is 0.470 e. The van der Waals surface area contributed by atoms with Crippen LogP contribution in [0.25, 0.3) is 0 Å². The highest BCUT2D eigenvalue weighted by molar-refractivity contribution is 5.26. The van der Waals surface area contributed by atoms with Gasteiger partial charge in [0.1, 0.15) is 18.1 Å². The third-order valence-electron chi connectivity index (χ3n) is 3.60. The van der Waals surface area contributed by atoms with Crippen molar-refractivity contribution in [1.29, 1.82) is 0 Å². The van der Waals surface area contributed by atoms with Crippen molar-refractivity contribution in [3.8, 4) is 5.88 Å². The molecule has 0 aliphatic heterocycles. The standard InChI is InChI=1S/C14H17N3O2/c1-9-7-14(16-15-10(9)2)18-8-12-11-5-3-4-6-13(11)19-17-12/h7H,3-6,8H2,1-2H3. The van der Waals surface area contributed by atoms with E-state index in [9.17, 15) is 0 Å². The number of rotatable bonds is 3. The molecule has 2 heterocycles. The molecule has 0 aromatic carbocycles. The van der Waals surface area contributed by atoms with Gasteiger partial charge in [-0.2, -0.15) is 5.10 Å². The third kappa shape index (κ3) is 2.45. The van der Waals surface area contributed by atoms with Crippen LogP contribution in [0.5, 0.6) is 5.88 Å². The highest BCUT2D eigenvalue weighted by Crippen LogP contribution is 2.25. The molecule has 0 amide bonds. The van der Waals surface area contributed by atoms with Gasteiger partial charge < -0.3 is 9.26 Å². The molecular formula is C14H17N3O2. The normalized spacial score (nSPS) is 14.2. The minimum atomic E-state index is 0.399.